The fraction of sp³-hybridized carbons (Fsp3) is 0.636. The van der Waals surface area contributed by atoms with E-state index in [2.05, 4.69) is 4.98 Å². The van der Waals surface area contributed by atoms with Crippen LogP contribution in [0.1, 0.15) is 13.3 Å². The van der Waals surface area contributed by atoms with E-state index in [9.17, 15) is 13.2 Å². The summed E-state index contributed by atoms with van der Waals surface area (Å²) in [5, 5.41) is 0.0614. The number of aryl methyl sites for hydroxylation is 1. The Hall–Kier alpha value is -1.41. The SMILES string of the molecule is CC(=O)N1CCCN(S(=O)(=O)c2cn(C)cn2)CC1. The molecule has 0 radical (unpaired) electrons. The zero-order valence-corrected chi connectivity index (χ0v) is 11.9. The van der Waals surface area contributed by atoms with Gasteiger partial charge >= 0.3 is 0 Å². The van der Waals surface area contributed by atoms with Gasteiger partial charge in [-0.25, -0.2) is 13.4 Å². The number of hydrogen-bond donors (Lipinski definition) is 0. The van der Waals surface area contributed by atoms with Gasteiger partial charge in [-0.15, -0.1) is 0 Å². The van der Waals surface area contributed by atoms with Crippen molar-refractivity contribution in [2.24, 2.45) is 7.05 Å². The molecule has 0 atom stereocenters. The fourth-order valence-corrected chi connectivity index (χ4v) is 3.54. The van der Waals surface area contributed by atoms with E-state index in [-0.39, 0.29) is 10.9 Å². The Morgan fingerprint density at radius 3 is 2.58 bits per heavy atom. The summed E-state index contributed by atoms with van der Waals surface area (Å²) in [5.41, 5.74) is 0. The van der Waals surface area contributed by atoms with Crippen molar-refractivity contribution >= 4 is 15.9 Å². The van der Waals surface area contributed by atoms with Crippen LogP contribution < -0.4 is 0 Å². The molecular weight excluding hydrogens is 268 g/mol. The third kappa shape index (κ3) is 2.95. The van der Waals surface area contributed by atoms with Crippen LogP contribution in [0.3, 0.4) is 0 Å². The maximum absolute atomic E-state index is 12.4. The lowest BCUT2D eigenvalue weighted by atomic mass is 10.4. The highest BCUT2D eigenvalue weighted by Crippen LogP contribution is 2.15. The first kappa shape index (κ1) is 14.0. The quantitative estimate of drug-likeness (QED) is 0.745. The lowest BCUT2D eigenvalue weighted by Gasteiger charge is -2.20. The minimum Gasteiger partial charge on any atom is -0.342 e. The molecule has 2 heterocycles. The summed E-state index contributed by atoms with van der Waals surface area (Å²) in [6, 6.07) is 0. The molecule has 0 N–H and O–H groups in total. The number of sulfonamides is 1. The van der Waals surface area contributed by atoms with E-state index in [1.807, 2.05) is 0 Å². The molecular formula is C11H18N4O3S. The number of amides is 1. The van der Waals surface area contributed by atoms with Crippen molar-refractivity contribution in [1.29, 1.82) is 0 Å². The van der Waals surface area contributed by atoms with Crippen molar-refractivity contribution < 1.29 is 13.2 Å². The molecule has 1 aromatic heterocycles. The van der Waals surface area contributed by atoms with Gasteiger partial charge in [0.1, 0.15) is 0 Å². The second-order valence-electron chi connectivity index (χ2n) is 4.64. The molecule has 106 valence electrons. The molecule has 2 rings (SSSR count). The van der Waals surface area contributed by atoms with Crippen LogP contribution in [0.2, 0.25) is 0 Å². The molecule has 1 amide bonds. The summed E-state index contributed by atoms with van der Waals surface area (Å²) in [7, 11) is -1.82. The number of hydrogen-bond acceptors (Lipinski definition) is 4. The molecule has 0 spiro atoms. The monoisotopic (exact) mass is 286 g/mol. The van der Waals surface area contributed by atoms with Gasteiger partial charge < -0.3 is 9.47 Å². The zero-order chi connectivity index (χ0) is 14.0. The van der Waals surface area contributed by atoms with Gasteiger partial charge in [0.05, 0.1) is 6.33 Å². The molecule has 0 bridgehead atoms. The number of carbonyl (C=O) groups excluding carboxylic acids is 1. The Bertz CT molecular complexity index is 566. The first-order valence-corrected chi connectivity index (χ1v) is 7.59. The molecule has 8 heteroatoms. The largest absolute Gasteiger partial charge is 0.342 e. The summed E-state index contributed by atoms with van der Waals surface area (Å²) < 4.78 is 27.8. The third-order valence-corrected chi connectivity index (χ3v) is 4.97. The molecule has 7 nitrogen and oxygen atoms in total. The Balaban J connectivity index is 2.16. The number of imidazole rings is 1. The molecule has 1 saturated heterocycles. The van der Waals surface area contributed by atoms with Crippen molar-refractivity contribution in [3.05, 3.63) is 12.5 Å². The molecule has 1 fully saturated rings. The summed E-state index contributed by atoms with van der Waals surface area (Å²) >= 11 is 0. The number of nitrogens with zero attached hydrogens (tertiary/aromatic N) is 4. The highest BCUT2D eigenvalue weighted by atomic mass is 32.2. The summed E-state index contributed by atoms with van der Waals surface area (Å²) in [6.07, 6.45) is 3.60. The standard InChI is InChI=1S/C11H18N4O3S/c1-10(16)14-4-3-5-15(7-6-14)19(17,18)11-8-13(2)9-12-11/h8-9H,3-7H2,1-2H3. The Morgan fingerprint density at radius 1 is 1.26 bits per heavy atom. The fourth-order valence-electron chi connectivity index (χ4n) is 2.10. The minimum atomic E-state index is -3.55. The van der Waals surface area contributed by atoms with E-state index in [0.717, 1.165) is 0 Å². The van der Waals surface area contributed by atoms with Crippen molar-refractivity contribution in [2.75, 3.05) is 26.2 Å². The second-order valence-corrected chi connectivity index (χ2v) is 6.53. The van der Waals surface area contributed by atoms with Gasteiger partial charge in [-0.1, -0.05) is 0 Å². The average molecular weight is 286 g/mol. The van der Waals surface area contributed by atoms with Gasteiger partial charge in [-0.3, -0.25) is 4.79 Å². The minimum absolute atomic E-state index is 0.0166. The lowest BCUT2D eigenvalue weighted by Crippen LogP contribution is -2.36. The predicted molar refractivity (Wildman–Crippen MR) is 68.8 cm³/mol. The molecule has 1 aliphatic rings. The van der Waals surface area contributed by atoms with E-state index in [0.29, 0.717) is 32.6 Å². The summed E-state index contributed by atoms with van der Waals surface area (Å²) in [6.45, 7) is 3.27. The molecule has 0 aromatic carbocycles. The number of carbonyl (C=O) groups is 1. The van der Waals surface area contributed by atoms with Gasteiger partial charge in [0.15, 0.2) is 5.03 Å². The van der Waals surface area contributed by atoms with Crippen LogP contribution >= 0.6 is 0 Å². The molecule has 0 saturated carbocycles. The summed E-state index contributed by atoms with van der Waals surface area (Å²) in [5.74, 6) is -0.0166. The van der Waals surface area contributed by atoms with Crippen molar-refractivity contribution in [3.63, 3.8) is 0 Å². The smallest absolute Gasteiger partial charge is 0.262 e. The second kappa shape index (κ2) is 5.30. The normalized spacial score (nSPS) is 18.3. The average Bonchev–Trinajstić information content (AvgIpc) is 2.65. The summed E-state index contributed by atoms with van der Waals surface area (Å²) in [4.78, 5) is 16.9. The van der Waals surface area contributed by atoms with Crippen molar-refractivity contribution in [1.82, 2.24) is 18.8 Å². The number of rotatable bonds is 2. The lowest BCUT2D eigenvalue weighted by molar-refractivity contribution is -0.128. The topological polar surface area (TPSA) is 75.5 Å². The Kier molecular flexibility index (Phi) is 3.91. The first-order valence-electron chi connectivity index (χ1n) is 6.15. The van der Waals surface area contributed by atoms with E-state index < -0.39 is 10.0 Å². The van der Waals surface area contributed by atoms with E-state index in [1.54, 1.807) is 16.5 Å². The first-order chi connectivity index (χ1) is 8.91. The van der Waals surface area contributed by atoms with Gasteiger partial charge in [-0.05, 0) is 6.42 Å². The Morgan fingerprint density at radius 2 is 2.00 bits per heavy atom. The predicted octanol–water partition coefficient (Wildman–Crippen LogP) is -0.337. The van der Waals surface area contributed by atoms with Crippen LogP contribution in [0.4, 0.5) is 0 Å². The molecule has 19 heavy (non-hydrogen) atoms. The highest BCUT2D eigenvalue weighted by Gasteiger charge is 2.29. The van der Waals surface area contributed by atoms with Crippen LogP contribution in [-0.2, 0) is 21.9 Å². The van der Waals surface area contributed by atoms with Crippen LogP contribution in [0, 0.1) is 0 Å². The molecule has 0 unspecified atom stereocenters. The van der Waals surface area contributed by atoms with Gasteiger partial charge in [-0.2, -0.15) is 4.31 Å². The van der Waals surface area contributed by atoms with Crippen LogP contribution in [0.5, 0.6) is 0 Å². The van der Waals surface area contributed by atoms with Crippen LogP contribution in [0.15, 0.2) is 17.6 Å². The van der Waals surface area contributed by atoms with Crippen LogP contribution in [-0.4, -0.2) is 59.3 Å². The maximum atomic E-state index is 12.4. The Labute approximate surface area is 112 Å². The highest BCUT2D eigenvalue weighted by molar-refractivity contribution is 7.89. The van der Waals surface area contributed by atoms with Gasteiger partial charge in [0, 0.05) is 46.3 Å². The zero-order valence-electron chi connectivity index (χ0n) is 11.1. The maximum Gasteiger partial charge on any atom is 0.262 e. The van der Waals surface area contributed by atoms with E-state index in [1.165, 1.54) is 23.8 Å². The van der Waals surface area contributed by atoms with Crippen molar-refractivity contribution in [2.45, 2.75) is 18.4 Å². The van der Waals surface area contributed by atoms with E-state index in [4.69, 9.17) is 0 Å². The third-order valence-electron chi connectivity index (χ3n) is 3.19. The molecule has 1 aliphatic heterocycles. The van der Waals surface area contributed by atoms with Crippen LogP contribution in [0.25, 0.3) is 0 Å². The van der Waals surface area contributed by atoms with Crippen molar-refractivity contribution in [3.8, 4) is 0 Å². The molecule has 1 aromatic rings. The van der Waals surface area contributed by atoms with Gasteiger partial charge in [0.2, 0.25) is 5.91 Å². The molecule has 0 aliphatic carbocycles. The number of aromatic nitrogens is 2. The van der Waals surface area contributed by atoms with Gasteiger partial charge in [0.25, 0.3) is 10.0 Å². The van der Waals surface area contributed by atoms with E-state index >= 15 is 0 Å².